The van der Waals surface area contributed by atoms with E-state index in [2.05, 4.69) is 29.5 Å². The summed E-state index contributed by atoms with van der Waals surface area (Å²) in [6, 6.07) is 7.59. The minimum Gasteiger partial charge on any atom is -0.497 e. The molecule has 2 N–H and O–H groups in total. The number of nitriles is 1. The number of amides is 1. The van der Waals surface area contributed by atoms with Gasteiger partial charge in [0.25, 0.3) is 0 Å². The maximum Gasteiger partial charge on any atom is 0.246 e. The van der Waals surface area contributed by atoms with E-state index in [4.69, 9.17) is 15.2 Å². The lowest BCUT2D eigenvalue weighted by atomic mass is 10.1. The van der Waals surface area contributed by atoms with Gasteiger partial charge in [-0.2, -0.15) is 5.26 Å². The smallest absolute Gasteiger partial charge is 0.246 e. The van der Waals surface area contributed by atoms with Crippen molar-refractivity contribution in [2.45, 2.75) is 12.5 Å². The average Bonchev–Trinajstić information content (AvgIpc) is 3.48. The summed E-state index contributed by atoms with van der Waals surface area (Å²) in [6.07, 6.45) is 5.43. The van der Waals surface area contributed by atoms with Crippen molar-refractivity contribution in [1.29, 1.82) is 5.26 Å². The zero-order valence-electron chi connectivity index (χ0n) is 18.5. The predicted octanol–water partition coefficient (Wildman–Crippen LogP) is 2.87. The molecule has 0 saturated carbocycles. The average molecular weight is 441 g/mol. The number of nitrogen functional groups attached to an aromatic ring is 1. The third-order valence-corrected chi connectivity index (χ3v) is 5.73. The van der Waals surface area contributed by atoms with Crippen LogP contribution in [0.15, 0.2) is 43.2 Å². The molecule has 0 unspecified atom stereocenters. The number of ether oxygens (including phenoxy) is 2. The maximum atomic E-state index is 12.1. The van der Waals surface area contributed by atoms with E-state index < -0.39 is 0 Å². The van der Waals surface area contributed by atoms with Gasteiger partial charge in [0, 0.05) is 37.1 Å². The van der Waals surface area contributed by atoms with Gasteiger partial charge in [-0.3, -0.25) is 4.79 Å². The van der Waals surface area contributed by atoms with E-state index in [9.17, 15) is 10.1 Å². The quantitative estimate of drug-likeness (QED) is 0.493. The molecular weight excluding hydrogens is 418 g/mol. The number of carbonyl (C=O) groups excluding carboxylic acids is 1. The molecule has 166 valence electrons. The van der Waals surface area contributed by atoms with E-state index in [0.29, 0.717) is 58.0 Å². The molecule has 1 atom stereocenters. The van der Waals surface area contributed by atoms with Crippen LogP contribution in [-0.2, 0) is 4.79 Å². The number of nitrogens with zero attached hydrogens (tertiary/aromatic N) is 4. The fourth-order valence-electron chi connectivity index (χ4n) is 4.10. The molecule has 3 aromatic rings. The van der Waals surface area contributed by atoms with Crippen molar-refractivity contribution in [2.24, 2.45) is 0 Å². The molecule has 1 amide bonds. The molecule has 4 rings (SSSR count). The van der Waals surface area contributed by atoms with Crippen molar-refractivity contribution in [3.8, 4) is 29.4 Å². The molecule has 8 nitrogen and oxygen atoms in total. The summed E-state index contributed by atoms with van der Waals surface area (Å²) in [7, 11) is 3.16. The van der Waals surface area contributed by atoms with Gasteiger partial charge < -0.3 is 24.7 Å². The van der Waals surface area contributed by atoms with Gasteiger partial charge in [-0.05, 0) is 24.6 Å². The lowest BCUT2D eigenvalue weighted by molar-refractivity contribution is -0.125. The number of hydrogen-bond donors (Lipinski definition) is 1. The Bertz CT molecular complexity index is 1330. The summed E-state index contributed by atoms with van der Waals surface area (Å²) in [6.45, 7) is 4.70. The number of benzene rings is 1. The number of aromatic nitrogens is 2. The fourth-order valence-corrected chi connectivity index (χ4v) is 4.10. The largest absolute Gasteiger partial charge is 0.497 e. The van der Waals surface area contributed by atoms with Gasteiger partial charge >= 0.3 is 0 Å². The molecule has 1 aliphatic heterocycles. The third kappa shape index (κ3) is 4.07. The summed E-state index contributed by atoms with van der Waals surface area (Å²) in [5.74, 6) is 7.77. The Morgan fingerprint density at radius 2 is 1.97 bits per heavy atom. The molecule has 1 aliphatic rings. The lowest BCUT2D eigenvalue weighted by Crippen LogP contribution is -2.27. The van der Waals surface area contributed by atoms with Crippen LogP contribution in [0.4, 0.5) is 5.82 Å². The van der Waals surface area contributed by atoms with E-state index in [1.165, 1.54) is 12.3 Å². The molecule has 33 heavy (non-hydrogen) atoms. The van der Waals surface area contributed by atoms with Crippen LogP contribution >= 0.6 is 0 Å². The highest BCUT2D eigenvalue weighted by Gasteiger charge is 2.29. The number of methoxy groups -OCH3 is 2. The summed E-state index contributed by atoms with van der Waals surface area (Å²) in [5, 5.41) is 10.3. The van der Waals surface area contributed by atoms with Crippen molar-refractivity contribution in [2.75, 3.05) is 33.0 Å². The van der Waals surface area contributed by atoms with E-state index in [-0.39, 0.29) is 11.9 Å². The number of likely N-dealkylation sites (tertiary alicyclic amines) is 1. The molecular formula is C25H23N5O3. The van der Waals surface area contributed by atoms with Crippen LogP contribution in [0.5, 0.6) is 11.5 Å². The zero-order chi connectivity index (χ0) is 23.5. The van der Waals surface area contributed by atoms with Gasteiger partial charge in [-0.1, -0.05) is 18.4 Å². The van der Waals surface area contributed by atoms with Crippen molar-refractivity contribution < 1.29 is 14.3 Å². The molecule has 0 bridgehead atoms. The molecule has 0 spiro atoms. The molecule has 0 aliphatic carbocycles. The van der Waals surface area contributed by atoms with Crippen LogP contribution < -0.4 is 15.2 Å². The van der Waals surface area contributed by atoms with Gasteiger partial charge in [0.1, 0.15) is 23.4 Å². The van der Waals surface area contributed by atoms with Crippen LogP contribution in [0.1, 0.15) is 29.2 Å². The van der Waals surface area contributed by atoms with Crippen molar-refractivity contribution in [3.63, 3.8) is 0 Å². The minimum atomic E-state index is -0.109. The second-order valence-corrected chi connectivity index (χ2v) is 7.62. The SMILES string of the molecule is C=CC(=O)N1CC[C@H](n2cc(C#Cc3cc(OC)cc(OC)c3)c3c(N)ncc(C#N)c32)C1. The zero-order valence-corrected chi connectivity index (χ0v) is 18.5. The number of anilines is 1. The van der Waals surface area contributed by atoms with Crippen LogP contribution in [-0.4, -0.2) is 47.7 Å². The number of fused-ring (bicyclic) bond motifs is 1. The first-order chi connectivity index (χ1) is 16.0. The van der Waals surface area contributed by atoms with Gasteiger partial charge in [-0.15, -0.1) is 0 Å². The first-order valence-corrected chi connectivity index (χ1v) is 10.3. The number of rotatable bonds is 4. The standard InChI is InChI=1S/C25H23N5O3/c1-4-22(31)29-8-7-19(15-29)30-14-17(23-24(30)18(12-26)13-28-25(23)27)6-5-16-9-20(32-2)11-21(10-16)33-3/h4,9-11,13-14,19H,1,7-8,15H2,2-3H3,(H2,27,28)/t19-/m0/s1. The molecule has 1 fully saturated rings. The predicted molar refractivity (Wildman–Crippen MR) is 125 cm³/mol. The number of nitrogens with two attached hydrogens (primary N) is 1. The molecule has 8 heteroatoms. The summed E-state index contributed by atoms with van der Waals surface area (Å²) in [5.41, 5.74) is 8.68. The van der Waals surface area contributed by atoms with Gasteiger partial charge in [0.05, 0.1) is 42.3 Å². The highest BCUT2D eigenvalue weighted by atomic mass is 16.5. The molecule has 3 heterocycles. The highest BCUT2D eigenvalue weighted by Crippen LogP contribution is 2.34. The minimum absolute atomic E-state index is 0.0160. The topological polar surface area (TPSA) is 106 Å². The Morgan fingerprint density at radius 3 is 2.61 bits per heavy atom. The Hall–Kier alpha value is -4.43. The van der Waals surface area contributed by atoms with Gasteiger partial charge in [0.15, 0.2) is 0 Å². The van der Waals surface area contributed by atoms with Crippen LogP contribution in [0.3, 0.4) is 0 Å². The lowest BCUT2D eigenvalue weighted by Gasteiger charge is -2.16. The highest BCUT2D eigenvalue weighted by molar-refractivity contribution is 5.98. The first kappa shape index (κ1) is 21.8. The van der Waals surface area contributed by atoms with E-state index in [1.807, 2.05) is 22.9 Å². The Morgan fingerprint density at radius 1 is 1.24 bits per heavy atom. The maximum absolute atomic E-state index is 12.1. The monoisotopic (exact) mass is 441 g/mol. The number of hydrogen-bond acceptors (Lipinski definition) is 6. The van der Waals surface area contributed by atoms with E-state index >= 15 is 0 Å². The van der Waals surface area contributed by atoms with Crippen molar-refractivity contribution >= 4 is 22.6 Å². The second kappa shape index (κ2) is 8.97. The van der Waals surface area contributed by atoms with Crippen molar-refractivity contribution in [1.82, 2.24) is 14.5 Å². The van der Waals surface area contributed by atoms with Crippen LogP contribution in [0.2, 0.25) is 0 Å². The second-order valence-electron chi connectivity index (χ2n) is 7.62. The normalized spacial score (nSPS) is 14.9. The molecule has 1 aromatic carbocycles. The Kier molecular flexibility index (Phi) is 5.93. The summed E-state index contributed by atoms with van der Waals surface area (Å²) in [4.78, 5) is 18.0. The molecule has 1 saturated heterocycles. The van der Waals surface area contributed by atoms with Crippen LogP contribution in [0, 0.1) is 23.2 Å². The summed E-state index contributed by atoms with van der Waals surface area (Å²) < 4.78 is 12.6. The van der Waals surface area contributed by atoms with Gasteiger partial charge in [0.2, 0.25) is 5.91 Å². The summed E-state index contributed by atoms with van der Waals surface area (Å²) >= 11 is 0. The van der Waals surface area contributed by atoms with E-state index in [1.54, 1.807) is 25.2 Å². The molecule has 2 aromatic heterocycles. The van der Waals surface area contributed by atoms with Crippen molar-refractivity contribution in [3.05, 3.63) is 59.9 Å². The number of pyridine rings is 1. The molecule has 0 radical (unpaired) electrons. The van der Waals surface area contributed by atoms with E-state index in [0.717, 1.165) is 6.42 Å². The fraction of sp³-hybridized carbons (Fsp3) is 0.240. The van der Waals surface area contributed by atoms with Gasteiger partial charge in [-0.25, -0.2) is 4.98 Å². The first-order valence-electron chi connectivity index (χ1n) is 10.3. The Labute approximate surface area is 191 Å². The Balaban J connectivity index is 1.83. The van der Waals surface area contributed by atoms with Crippen LogP contribution in [0.25, 0.3) is 10.9 Å². The third-order valence-electron chi connectivity index (χ3n) is 5.73. The number of carbonyl (C=O) groups is 1.